The molecule has 2 amide bonds. The molecule has 0 aromatic heterocycles. The number of halogens is 1. The Bertz CT molecular complexity index is 745. The van der Waals surface area contributed by atoms with E-state index < -0.39 is 6.37 Å². The monoisotopic (exact) mass is 332 g/mol. The van der Waals surface area contributed by atoms with Crippen LogP contribution in [-0.2, 0) is 16.0 Å². The third kappa shape index (κ3) is 2.70. The minimum atomic E-state index is -1.19. The molecule has 1 saturated carbocycles. The summed E-state index contributed by atoms with van der Waals surface area (Å²) < 4.78 is 29.4. The molecule has 1 aliphatic carbocycles. The van der Waals surface area contributed by atoms with Gasteiger partial charge in [-0.1, -0.05) is 25.3 Å². The Hall–Kier alpha value is -1.91. The number of piperazine rings is 1. The molecule has 3 aliphatic rings. The van der Waals surface area contributed by atoms with Crippen LogP contribution in [0.3, 0.4) is 0 Å². The molecule has 4 rings (SSSR count). The van der Waals surface area contributed by atoms with Crippen LogP contribution in [0, 0.1) is 11.7 Å². The zero-order chi connectivity index (χ0) is 18.5. The Balaban J connectivity index is 1.54. The van der Waals surface area contributed by atoms with Crippen molar-refractivity contribution in [3.63, 3.8) is 0 Å². The molecule has 2 aliphatic heterocycles. The Labute approximate surface area is 144 Å². The molecule has 4 nitrogen and oxygen atoms in total. The highest BCUT2D eigenvalue weighted by Crippen LogP contribution is 2.35. The van der Waals surface area contributed by atoms with Crippen molar-refractivity contribution in [2.24, 2.45) is 5.92 Å². The van der Waals surface area contributed by atoms with Gasteiger partial charge >= 0.3 is 0 Å². The van der Waals surface area contributed by atoms with Gasteiger partial charge in [0, 0.05) is 21.7 Å². The topological polar surface area (TPSA) is 40.6 Å². The number of benzene rings is 1. The minimum Gasteiger partial charge on any atom is -0.332 e. The SMILES string of the molecule is [2H]C1([2H])CCC(C(=O)N2CC(=O)N3CCc4ccc(F)cc4C3C2)CC1. The van der Waals surface area contributed by atoms with E-state index in [0.717, 1.165) is 11.1 Å². The van der Waals surface area contributed by atoms with Gasteiger partial charge in [-0.15, -0.1) is 0 Å². The fourth-order valence-electron chi connectivity index (χ4n) is 4.19. The molecule has 1 saturated heterocycles. The summed E-state index contributed by atoms with van der Waals surface area (Å²) in [6, 6.07) is 4.42. The molecule has 0 bridgehead atoms. The lowest BCUT2D eigenvalue weighted by Crippen LogP contribution is -2.56. The van der Waals surface area contributed by atoms with Crippen LogP contribution in [0.1, 0.15) is 52.0 Å². The van der Waals surface area contributed by atoms with E-state index in [4.69, 9.17) is 2.74 Å². The molecule has 128 valence electrons. The Morgan fingerprint density at radius 1 is 1.29 bits per heavy atom. The van der Waals surface area contributed by atoms with Crippen LogP contribution >= 0.6 is 0 Å². The van der Waals surface area contributed by atoms with E-state index in [1.807, 2.05) is 0 Å². The predicted octanol–water partition coefficient (Wildman–Crippen LogP) is 2.67. The molecular weight excluding hydrogens is 307 g/mol. The highest BCUT2D eigenvalue weighted by Gasteiger charge is 2.40. The number of nitrogens with zero attached hydrogens (tertiary/aromatic N) is 2. The summed E-state index contributed by atoms with van der Waals surface area (Å²) in [5, 5.41) is 0. The van der Waals surface area contributed by atoms with Crippen molar-refractivity contribution in [3.05, 3.63) is 35.1 Å². The number of hydrogen-bond donors (Lipinski definition) is 0. The summed E-state index contributed by atoms with van der Waals surface area (Å²) in [6.45, 7) is 1.07. The lowest BCUT2D eigenvalue weighted by Gasteiger charge is -2.45. The molecule has 0 N–H and O–H groups in total. The van der Waals surface area contributed by atoms with Crippen molar-refractivity contribution in [1.82, 2.24) is 9.80 Å². The number of fused-ring (bicyclic) bond motifs is 3. The first-order valence-electron chi connectivity index (χ1n) is 9.71. The Kier molecular flexibility index (Phi) is 3.45. The van der Waals surface area contributed by atoms with Gasteiger partial charge in [0.2, 0.25) is 11.8 Å². The molecule has 5 heteroatoms. The van der Waals surface area contributed by atoms with E-state index >= 15 is 0 Å². The van der Waals surface area contributed by atoms with Crippen molar-refractivity contribution < 1.29 is 16.7 Å². The number of rotatable bonds is 1. The molecule has 2 fully saturated rings. The highest BCUT2D eigenvalue weighted by atomic mass is 19.1. The number of amides is 2. The van der Waals surface area contributed by atoms with Crippen LogP contribution in [0.5, 0.6) is 0 Å². The molecule has 24 heavy (non-hydrogen) atoms. The maximum atomic E-state index is 13.8. The molecule has 1 atom stereocenters. The molecule has 0 spiro atoms. The van der Waals surface area contributed by atoms with Crippen molar-refractivity contribution in [2.45, 2.75) is 44.5 Å². The summed E-state index contributed by atoms with van der Waals surface area (Å²) in [5.74, 6) is -0.683. The van der Waals surface area contributed by atoms with E-state index in [0.29, 0.717) is 45.2 Å². The van der Waals surface area contributed by atoms with Gasteiger partial charge in [-0.2, -0.15) is 0 Å². The Morgan fingerprint density at radius 3 is 2.88 bits per heavy atom. The van der Waals surface area contributed by atoms with Gasteiger partial charge in [-0.3, -0.25) is 9.59 Å². The van der Waals surface area contributed by atoms with Crippen LogP contribution in [0.2, 0.25) is 0 Å². The number of hydrogen-bond acceptors (Lipinski definition) is 2. The first-order chi connectivity index (χ1) is 12.3. The van der Waals surface area contributed by atoms with Crippen LogP contribution in [0.4, 0.5) is 4.39 Å². The number of carbonyl (C=O) groups is 2. The van der Waals surface area contributed by atoms with Gasteiger partial charge in [-0.05, 0) is 42.5 Å². The second-order valence-electron chi connectivity index (χ2n) is 6.94. The van der Waals surface area contributed by atoms with Gasteiger partial charge in [-0.25, -0.2) is 4.39 Å². The van der Waals surface area contributed by atoms with Crippen LogP contribution in [0.25, 0.3) is 0 Å². The fourth-order valence-corrected chi connectivity index (χ4v) is 4.19. The third-order valence-electron chi connectivity index (χ3n) is 5.51. The van der Waals surface area contributed by atoms with Gasteiger partial charge in [0.1, 0.15) is 5.82 Å². The summed E-state index contributed by atoms with van der Waals surface area (Å²) in [4.78, 5) is 28.9. The smallest absolute Gasteiger partial charge is 0.242 e. The van der Waals surface area contributed by atoms with Crippen molar-refractivity contribution in [2.75, 3.05) is 19.6 Å². The average Bonchev–Trinajstić information content (AvgIpc) is 2.61. The predicted molar refractivity (Wildman–Crippen MR) is 87.7 cm³/mol. The van der Waals surface area contributed by atoms with E-state index in [1.54, 1.807) is 15.9 Å². The summed E-state index contributed by atoms with van der Waals surface area (Å²) in [6.07, 6.45) is 1.34. The molecular formula is C19H23FN2O2. The number of carbonyl (C=O) groups excluding carboxylic acids is 2. The van der Waals surface area contributed by atoms with E-state index in [1.165, 1.54) is 12.1 Å². The minimum absolute atomic E-state index is 0.0583. The zero-order valence-electron chi connectivity index (χ0n) is 15.6. The average molecular weight is 332 g/mol. The van der Waals surface area contributed by atoms with Crippen LogP contribution in [0.15, 0.2) is 18.2 Å². The third-order valence-corrected chi connectivity index (χ3v) is 5.51. The first kappa shape index (κ1) is 13.4. The van der Waals surface area contributed by atoms with Crippen molar-refractivity contribution >= 4 is 11.8 Å². The normalized spacial score (nSPS) is 27.9. The second kappa shape index (κ2) is 6.19. The fraction of sp³-hybridized carbons (Fsp3) is 0.579. The lowest BCUT2D eigenvalue weighted by atomic mass is 9.86. The second-order valence-corrected chi connectivity index (χ2v) is 6.94. The largest absolute Gasteiger partial charge is 0.332 e. The first-order valence-corrected chi connectivity index (χ1v) is 8.71. The molecule has 0 radical (unpaired) electrons. The standard InChI is InChI=1S/C19H23FN2O2/c20-15-7-6-13-8-9-22-17(16(13)10-15)11-21(12-18(22)23)19(24)14-4-2-1-3-5-14/h6-7,10,14,17H,1-5,8-9,11-12H2/i1D2. The molecule has 1 aromatic carbocycles. The summed E-state index contributed by atoms with van der Waals surface area (Å²) in [5.41, 5.74) is 1.85. The van der Waals surface area contributed by atoms with E-state index in [2.05, 4.69) is 0 Å². The zero-order valence-corrected chi connectivity index (χ0v) is 13.6. The Morgan fingerprint density at radius 2 is 2.08 bits per heavy atom. The molecule has 1 unspecified atom stereocenters. The molecule has 1 aromatic rings. The van der Waals surface area contributed by atoms with Crippen LogP contribution < -0.4 is 0 Å². The molecule has 2 heterocycles. The van der Waals surface area contributed by atoms with Crippen molar-refractivity contribution in [1.29, 1.82) is 0 Å². The maximum absolute atomic E-state index is 13.8. The summed E-state index contributed by atoms with van der Waals surface area (Å²) >= 11 is 0. The van der Waals surface area contributed by atoms with Gasteiger partial charge in [0.05, 0.1) is 12.6 Å². The van der Waals surface area contributed by atoms with Crippen molar-refractivity contribution in [3.8, 4) is 0 Å². The lowest BCUT2D eigenvalue weighted by molar-refractivity contribution is -0.152. The van der Waals surface area contributed by atoms with Gasteiger partial charge < -0.3 is 9.80 Å². The van der Waals surface area contributed by atoms with Crippen LogP contribution in [-0.4, -0.2) is 41.2 Å². The maximum Gasteiger partial charge on any atom is 0.242 e. The van der Waals surface area contributed by atoms with Gasteiger partial charge in [0.15, 0.2) is 0 Å². The van der Waals surface area contributed by atoms with E-state index in [9.17, 15) is 14.0 Å². The quantitative estimate of drug-likeness (QED) is 0.793. The highest BCUT2D eigenvalue weighted by molar-refractivity contribution is 5.87. The van der Waals surface area contributed by atoms with Gasteiger partial charge in [0.25, 0.3) is 0 Å². The van der Waals surface area contributed by atoms with E-state index in [-0.39, 0.29) is 36.1 Å². The summed E-state index contributed by atoms with van der Waals surface area (Å²) in [7, 11) is 0.